The van der Waals surface area contributed by atoms with Crippen molar-refractivity contribution in [3.63, 3.8) is 0 Å². The van der Waals surface area contributed by atoms with Crippen LogP contribution in [0.15, 0.2) is 46.1 Å². The van der Waals surface area contributed by atoms with E-state index in [1.807, 2.05) is 48.0 Å². The molecule has 0 aliphatic rings. The maximum atomic E-state index is 12.7. The number of aryl methyl sites for hydroxylation is 1. The van der Waals surface area contributed by atoms with Gasteiger partial charge in [0.15, 0.2) is 0 Å². The van der Waals surface area contributed by atoms with Gasteiger partial charge in [-0.15, -0.1) is 0 Å². The van der Waals surface area contributed by atoms with Gasteiger partial charge in [-0.1, -0.05) is 37.3 Å². The molecule has 0 unspecified atom stereocenters. The van der Waals surface area contributed by atoms with Gasteiger partial charge >= 0.3 is 5.69 Å². The number of rotatable bonds is 3. The molecule has 0 aliphatic heterocycles. The third kappa shape index (κ3) is 2.53. The summed E-state index contributed by atoms with van der Waals surface area (Å²) in [5.74, 6) is 0. The Kier molecular flexibility index (Phi) is 3.93. The van der Waals surface area contributed by atoms with Gasteiger partial charge in [-0.05, 0) is 5.56 Å². The van der Waals surface area contributed by atoms with E-state index in [0.29, 0.717) is 17.4 Å². The molecular formula is C17H19N3O2S. The average Bonchev–Trinajstić information content (AvgIpc) is 2.90. The van der Waals surface area contributed by atoms with E-state index in [4.69, 9.17) is 0 Å². The van der Waals surface area contributed by atoms with Crippen molar-refractivity contribution < 1.29 is 0 Å². The third-order valence-corrected chi connectivity index (χ3v) is 4.18. The highest BCUT2D eigenvalue weighted by molar-refractivity contribution is 7.80. The van der Waals surface area contributed by atoms with Crippen LogP contribution in [-0.2, 0) is 20.6 Å². The molecule has 0 N–H and O–H groups in total. The summed E-state index contributed by atoms with van der Waals surface area (Å²) in [4.78, 5) is 24.9. The van der Waals surface area contributed by atoms with Gasteiger partial charge < -0.3 is 4.57 Å². The Balaban J connectivity index is 2.49. The minimum absolute atomic E-state index is 0.125. The molecule has 0 saturated heterocycles. The Labute approximate surface area is 139 Å². The summed E-state index contributed by atoms with van der Waals surface area (Å²) in [7, 11) is 3.20. The van der Waals surface area contributed by atoms with Crippen LogP contribution < -0.4 is 11.2 Å². The minimum Gasteiger partial charge on any atom is -0.344 e. The van der Waals surface area contributed by atoms with Crippen LogP contribution in [0.1, 0.15) is 6.92 Å². The van der Waals surface area contributed by atoms with E-state index in [2.05, 4.69) is 12.6 Å². The average molecular weight is 329 g/mol. The molecule has 0 amide bonds. The fourth-order valence-corrected chi connectivity index (χ4v) is 3.10. The molecule has 0 bridgehead atoms. The van der Waals surface area contributed by atoms with Gasteiger partial charge in [0.05, 0.1) is 16.6 Å². The molecule has 6 heteroatoms. The Bertz CT molecular complexity index is 981. The zero-order valence-electron chi connectivity index (χ0n) is 13.4. The first-order valence-corrected chi connectivity index (χ1v) is 7.95. The van der Waals surface area contributed by atoms with Gasteiger partial charge in [-0.3, -0.25) is 13.9 Å². The first kappa shape index (κ1) is 15.7. The minimum atomic E-state index is -0.321. The second-order valence-electron chi connectivity index (χ2n) is 5.81. The monoisotopic (exact) mass is 329 g/mol. The summed E-state index contributed by atoms with van der Waals surface area (Å²) < 4.78 is 4.69. The first-order chi connectivity index (χ1) is 10.9. The molecular weight excluding hydrogens is 310 g/mol. The number of thiol groups is 1. The number of hydrogen-bond acceptors (Lipinski definition) is 3. The van der Waals surface area contributed by atoms with E-state index in [9.17, 15) is 9.59 Å². The number of hydrogen-bond donors (Lipinski definition) is 1. The van der Waals surface area contributed by atoms with Gasteiger partial charge in [-0.25, -0.2) is 4.79 Å². The number of nitrogens with zero attached hydrogens (tertiary/aromatic N) is 3. The van der Waals surface area contributed by atoms with Crippen LogP contribution in [0.4, 0.5) is 0 Å². The normalized spacial score (nSPS) is 12.7. The molecule has 1 atom stereocenters. The van der Waals surface area contributed by atoms with Gasteiger partial charge in [0.25, 0.3) is 5.56 Å². The van der Waals surface area contributed by atoms with Gasteiger partial charge in [0.2, 0.25) is 0 Å². The lowest BCUT2D eigenvalue weighted by Crippen LogP contribution is -2.36. The van der Waals surface area contributed by atoms with E-state index in [0.717, 1.165) is 15.8 Å². The lowest BCUT2D eigenvalue weighted by Gasteiger charge is -2.11. The smallest absolute Gasteiger partial charge is 0.330 e. The predicted octanol–water partition coefficient (Wildman–Crippen LogP) is 2.02. The molecule has 0 saturated carbocycles. The van der Waals surface area contributed by atoms with E-state index in [-0.39, 0.29) is 16.5 Å². The van der Waals surface area contributed by atoms with Crippen LogP contribution >= 0.6 is 12.6 Å². The Morgan fingerprint density at radius 1 is 1.09 bits per heavy atom. The van der Waals surface area contributed by atoms with Crippen LogP contribution in [0.25, 0.3) is 22.2 Å². The fourth-order valence-electron chi connectivity index (χ4n) is 2.92. The molecule has 2 heterocycles. The zero-order valence-corrected chi connectivity index (χ0v) is 14.2. The Hall–Kier alpha value is -2.21. The van der Waals surface area contributed by atoms with Crippen LogP contribution in [0.3, 0.4) is 0 Å². The highest BCUT2D eigenvalue weighted by Gasteiger charge is 2.19. The SMILES string of the molecule is C[C@H](S)Cn1cc2c(c1-c1ccccc1)c(=O)n(C)c(=O)n2C. The molecule has 3 aromatic rings. The maximum absolute atomic E-state index is 12.7. The van der Waals surface area contributed by atoms with Gasteiger partial charge in [0.1, 0.15) is 0 Å². The molecule has 0 radical (unpaired) electrons. The number of aromatic nitrogens is 3. The third-order valence-electron chi connectivity index (χ3n) is 4.02. The molecule has 0 spiro atoms. The zero-order chi connectivity index (χ0) is 16.7. The summed E-state index contributed by atoms with van der Waals surface area (Å²) in [5.41, 5.74) is 1.83. The van der Waals surface area contributed by atoms with Crippen LogP contribution in [0.2, 0.25) is 0 Å². The van der Waals surface area contributed by atoms with E-state index in [1.54, 1.807) is 7.05 Å². The Morgan fingerprint density at radius 2 is 1.74 bits per heavy atom. The van der Waals surface area contributed by atoms with Crippen molar-refractivity contribution >= 4 is 23.5 Å². The summed E-state index contributed by atoms with van der Waals surface area (Å²) in [6, 6.07) is 9.76. The van der Waals surface area contributed by atoms with Crippen LogP contribution in [0.5, 0.6) is 0 Å². The van der Waals surface area contributed by atoms with Gasteiger partial charge in [0, 0.05) is 32.1 Å². The summed E-state index contributed by atoms with van der Waals surface area (Å²) >= 11 is 4.47. The molecule has 120 valence electrons. The van der Waals surface area contributed by atoms with Crippen molar-refractivity contribution in [1.82, 2.24) is 13.7 Å². The molecule has 3 rings (SSSR count). The summed E-state index contributed by atoms with van der Waals surface area (Å²) in [6.07, 6.45) is 1.87. The van der Waals surface area contributed by atoms with E-state index < -0.39 is 0 Å². The van der Waals surface area contributed by atoms with Crippen molar-refractivity contribution in [2.45, 2.75) is 18.7 Å². The molecule has 2 aromatic heterocycles. The van der Waals surface area contributed by atoms with Crippen LogP contribution in [-0.4, -0.2) is 19.0 Å². The predicted molar refractivity (Wildman–Crippen MR) is 96.3 cm³/mol. The second kappa shape index (κ2) is 5.77. The number of benzene rings is 1. The van der Waals surface area contributed by atoms with Crippen molar-refractivity contribution in [1.29, 1.82) is 0 Å². The topological polar surface area (TPSA) is 48.9 Å². The van der Waals surface area contributed by atoms with Crippen LogP contribution in [0, 0.1) is 0 Å². The van der Waals surface area contributed by atoms with Gasteiger partial charge in [-0.2, -0.15) is 12.6 Å². The van der Waals surface area contributed by atoms with Crippen molar-refractivity contribution in [3.05, 3.63) is 57.4 Å². The lowest BCUT2D eigenvalue weighted by molar-refractivity contribution is 0.702. The summed E-state index contributed by atoms with van der Waals surface area (Å²) in [5, 5.41) is 0.690. The molecule has 1 aromatic carbocycles. The Morgan fingerprint density at radius 3 is 2.35 bits per heavy atom. The van der Waals surface area contributed by atoms with E-state index in [1.165, 1.54) is 11.6 Å². The lowest BCUT2D eigenvalue weighted by atomic mass is 10.1. The second-order valence-corrected chi connectivity index (χ2v) is 6.69. The molecule has 23 heavy (non-hydrogen) atoms. The highest BCUT2D eigenvalue weighted by atomic mass is 32.1. The standard InChI is InChI=1S/C17H19N3O2S/c1-11(23)9-20-10-13-14(15(20)12-7-5-4-6-8-12)16(21)19(3)17(22)18(13)2/h4-8,10-11,23H,9H2,1-3H3/t11-/m0/s1. The summed E-state index contributed by atoms with van der Waals surface area (Å²) in [6.45, 7) is 2.65. The molecule has 0 aliphatic carbocycles. The first-order valence-electron chi connectivity index (χ1n) is 7.44. The molecule has 0 fully saturated rings. The van der Waals surface area contributed by atoms with Crippen molar-refractivity contribution in [2.24, 2.45) is 14.1 Å². The largest absolute Gasteiger partial charge is 0.344 e. The van der Waals surface area contributed by atoms with Crippen molar-refractivity contribution in [2.75, 3.05) is 0 Å². The maximum Gasteiger partial charge on any atom is 0.330 e. The molecule has 5 nitrogen and oxygen atoms in total. The van der Waals surface area contributed by atoms with E-state index >= 15 is 0 Å². The quantitative estimate of drug-likeness (QED) is 0.748. The fraction of sp³-hybridized carbons (Fsp3) is 0.294. The van der Waals surface area contributed by atoms with Crippen molar-refractivity contribution in [3.8, 4) is 11.3 Å². The highest BCUT2D eigenvalue weighted by Crippen LogP contribution is 2.28. The number of fused-ring (bicyclic) bond motifs is 1.